The van der Waals surface area contributed by atoms with Gasteiger partial charge in [0.05, 0.1) is 10.5 Å². The molecule has 1 aromatic heterocycles. The van der Waals surface area contributed by atoms with Crippen LogP contribution in [0.3, 0.4) is 0 Å². The Morgan fingerprint density at radius 1 is 1.07 bits per heavy atom. The first-order chi connectivity index (χ1) is 14.4. The average Bonchev–Trinajstić information content (AvgIpc) is 3.40. The molecule has 0 atom stereocenters. The van der Waals surface area contributed by atoms with Crippen LogP contribution in [0.2, 0.25) is 0 Å². The number of carbonyl (C=O) groups excluding carboxylic acids is 1. The Hall–Kier alpha value is -3.46. The van der Waals surface area contributed by atoms with Crippen LogP contribution in [0.15, 0.2) is 75.0 Å². The molecule has 2 heterocycles. The third kappa shape index (κ3) is 4.25. The second kappa shape index (κ2) is 8.11. The molecule has 0 spiro atoms. The van der Waals surface area contributed by atoms with E-state index in [-0.39, 0.29) is 27.7 Å². The van der Waals surface area contributed by atoms with E-state index in [1.165, 1.54) is 36.4 Å². The molecule has 7 nitrogen and oxygen atoms in total. The molecule has 0 unspecified atom stereocenters. The van der Waals surface area contributed by atoms with Gasteiger partial charge in [0.2, 0.25) is 0 Å². The monoisotopic (exact) mass is 427 g/mol. The van der Waals surface area contributed by atoms with Gasteiger partial charge in [0.25, 0.3) is 15.9 Å². The van der Waals surface area contributed by atoms with Crippen molar-refractivity contribution in [1.29, 1.82) is 0 Å². The van der Waals surface area contributed by atoms with Gasteiger partial charge < -0.3 is 9.73 Å². The van der Waals surface area contributed by atoms with E-state index in [4.69, 9.17) is 4.42 Å². The zero-order chi connectivity index (χ0) is 21.1. The Morgan fingerprint density at radius 3 is 2.67 bits per heavy atom. The maximum Gasteiger partial charge on any atom is 0.291 e. The lowest BCUT2D eigenvalue weighted by atomic mass is 10.1. The highest BCUT2D eigenvalue weighted by Crippen LogP contribution is 2.25. The molecule has 0 fully saturated rings. The lowest BCUT2D eigenvalue weighted by Gasteiger charge is -2.09. The number of carbonyl (C=O) groups is 1. The van der Waals surface area contributed by atoms with Crippen molar-refractivity contribution in [2.24, 2.45) is 4.99 Å². The number of halogens is 1. The Kier molecular flexibility index (Phi) is 5.37. The molecule has 2 N–H and O–H groups in total. The van der Waals surface area contributed by atoms with Crippen molar-refractivity contribution in [2.75, 3.05) is 11.9 Å². The summed E-state index contributed by atoms with van der Waals surface area (Å²) in [7, 11) is -3.80. The molecule has 0 bridgehead atoms. The van der Waals surface area contributed by atoms with Gasteiger partial charge in [0.15, 0.2) is 5.76 Å². The van der Waals surface area contributed by atoms with E-state index in [1.54, 1.807) is 24.3 Å². The van der Waals surface area contributed by atoms with Crippen LogP contribution in [0.5, 0.6) is 0 Å². The summed E-state index contributed by atoms with van der Waals surface area (Å²) in [5.74, 6) is -0.423. The normalized spacial score (nSPS) is 13.7. The van der Waals surface area contributed by atoms with E-state index < -0.39 is 21.7 Å². The van der Waals surface area contributed by atoms with Gasteiger partial charge in [-0.1, -0.05) is 18.2 Å². The number of amides is 1. The summed E-state index contributed by atoms with van der Waals surface area (Å²) in [4.78, 5) is 16.6. The first-order valence-corrected chi connectivity index (χ1v) is 10.7. The predicted octanol–water partition coefficient (Wildman–Crippen LogP) is 3.81. The Morgan fingerprint density at radius 2 is 1.90 bits per heavy atom. The number of amidine groups is 1. The van der Waals surface area contributed by atoms with Crippen LogP contribution in [-0.2, 0) is 10.0 Å². The molecular formula is C21H18FN3O4S. The Labute approximate surface area is 172 Å². The minimum Gasteiger partial charge on any atom is -0.451 e. The van der Waals surface area contributed by atoms with Gasteiger partial charge in [-0.05, 0) is 48.9 Å². The maximum atomic E-state index is 13.9. The van der Waals surface area contributed by atoms with E-state index in [9.17, 15) is 17.6 Å². The molecule has 1 aliphatic heterocycles. The van der Waals surface area contributed by atoms with Gasteiger partial charge in [-0.15, -0.1) is 0 Å². The zero-order valence-electron chi connectivity index (χ0n) is 15.8. The minimum atomic E-state index is -3.80. The molecule has 2 aromatic carbocycles. The summed E-state index contributed by atoms with van der Waals surface area (Å²) in [6.45, 7) is 0.603. The average molecular weight is 427 g/mol. The van der Waals surface area contributed by atoms with Crippen LogP contribution >= 0.6 is 0 Å². The number of anilines is 1. The fourth-order valence-electron chi connectivity index (χ4n) is 3.04. The van der Waals surface area contributed by atoms with Crippen molar-refractivity contribution in [3.63, 3.8) is 0 Å². The second-order valence-electron chi connectivity index (χ2n) is 6.66. The highest BCUT2D eigenvalue weighted by Gasteiger charge is 2.20. The Balaban J connectivity index is 1.50. The van der Waals surface area contributed by atoms with Gasteiger partial charge in [-0.3, -0.25) is 14.5 Å². The SMILES string of the molecule is O=C(Nc1cccc(S(=O)(=O)NC2=NCCC2)c1)c1ccc(-c2ccccc2F)o1. The fraction of sp³-hybridized carbons (Fsp3) is 0.143. The standard InChI is InChI=1S/C21H18FN3O4S/c22-17-8-2-1-7-16(17)18-10-11-19(29-18)21(26)24-14-5-3-6-15(13-14)30(27,28)25-20-9-4-12-23-20/h1-3,5-8,10-11,13H,4,9,12H2,(H,23,25)(H,24,26). The zero-order valence-corrected chi connectivity index (χ0v) is 16.6. The molecule has 1 amide bonds. The van der Waals surface area contributed by atoms with Crippen molar-refractivity contribution in [3.05, 3.63) is 72.2 Å². The molecule has 30 heavy (non-hydrogen) atoms. The van der Waals surface area contributed by atoms with E-state index in [1.807, 2.05) is 0 Å². The number of nitrogens with zero attached hydrogens (tertiary/aromatic N) is 1. The first-order valence-electron chi connectivity index (χ1n) is 9.25. The third-order valence-corrected chi connectivity index (χ3v) is 5.88. The number of nitrogens with one attached hydrogen (secondary N) is 2. The molecule has 154 valence electrons. The summed E-state index contributed by atoms with van der Waals surface area (Å²) in [6.07, 6.45) is 1.39. The molecule has 0 saturated carbocycles. The number of hydrogen-bond donors (Lipinski definition) is 2. The minimum absolute atomic E-state index is 0.00129. The maximum absolute atomic E-state index is 13.9. The Bertz CT molecular complexity index is 1230. The van der Waals surface area contributed by atoms with Crippen LogP contribution in [0.25, 0.3) is 11.3 Å². The van der Waals surface area contributed by atoms with Crippen LogP contribution in [0, 0.1) is 5.82 Å². The predicted molar refractivity (Wildman–Crippen MR) is 110 cm³/mol. The number of hydrogen-bond acceptors (Lipinski definition) is 5. The van der Waals surface area contributed by atoms with Gasteiger partial charge >= 0.3 is 0 Å². The van der Waals surface area contributed by atoms with Crippen LogP contribution in [0.4, 0.5) is 10.1 Å². The number of furan rings is 1. The van der Waals surface area contributed by atoms with E-state index in [0.29, 0.717) is 18.8 Å². The lowest BCUT2D eigenvalue weighted by Crippen LogP contribution is -2.29. The van der Waals surface area contributed by atoms with Crippen molar-refractivity contribution >= 4 is 27.5 Å². The van der Waals surface area contributed by atoms with Gasteiger partial charge in [0, 0.05) is 18.7 Å². The molecule has 3 aromatic rings. The second-order valence-corrected chi connectivity index (χ2v) is 8.35. The fourth-order valence-corrected chi connectivity index (χ4v) is 4.17. The highest BCUT2D eigenvalue weighted by atomic mass is 32.2. The van der Waals surface area contributed by atoms with Gasteiger partial charge in [0.1, 0.15) is 17.4 Å². The molecule has 4 rings (SSSR count). The molecule has 9 heteroatoms. The quantitative estimate of drug-likeness (QED) is 0.647. The smallest absolute Gasteiger partial charge is 0.291 e. The van der Waals surface area contributed by atoms with Crippen molar-refractivity contribution < 1.29 is 22.0 Å². The van der Waals surface area contributed by atoms with E-state index in [0.717, 1.165) is 6.42 Å². The van der Waals surface area contributed by atoms with E-state index >= 15 is 0 Å². The topological polar surface area (TPSA) is 101 Å². The molecule has 0 aliphatic carbocycles. The van der Waals surface area contributed by atoms with Crippen LogP contribution < -0.4 is 10.0 Å². The lowest BCUT2D eigenvalue weighted by molar-refractivity contribution is 0.0997. The number of rotatable bonds is 5. The largest absolute Gasteiger partial charge is 0.451 e. The molecule has 1 aliphatic rings. The summed E-state index contributed by atoms with van der Waals surface area (Å²) in [6, 6.07) is 14.9. The first kappa shape index (κ1) is 19.8. The molecular weight excluding hydrogens is 409 g/mol. The van der Waals surface area contributed by atoms with Gasteiger partial charge in [-0.25, -0.2) is 12.8 Å². The van der Waals surface area contributed by atoms with Crippen molar-refractivity contribution in [3.8, 4) is 11.3 Å². The molecule has 0 radical (unpaired) electrons. The number of benzene rings is 2. The summed E-state index contributed by atoms with van der Waals surface area (Å²) < 4.78 is 46.9. The summed E-state index contributed by atoms with van der Waals surface area (Å²) >= 11 is 0. The number of sulfonamides is 1. The van der Waals surface area contributed by atoms with E-state index in [2.05, 4.69) is 15.0 Å². The highest BCUT2D eigenvalue weighted by molar-refractivity contribution is 7.90. The summed E-state index contributed by atoms with van der Waals surface area (Å²) in [5.41, 5.74) is 0.519. The number of aliphatic imine (C=N–C) groups is 1. The van der Waals surface area contributed by atoms with Crippen LogP contribution in [-0.4, -0.2) is 26.7 Å². The summed E-state index contributed by atoms with van der Waals surface area (Å²) in [5, 5.41) is 2.59. The van der Waals surface area contributed by atoms with Crippen molar-refractivity contribution in [1.82, 2.24) is 4.72 Å². The van der Waals surface area contributed by atoms with Crippen LogP contribution in [0.1, 0.15) is 23.4 Å². The van der Waals surface area contributed by atoms with Gasteiger partial charge in [-0.2, -0.15) is 0 Å². The third-order valence-electron chi connectivity index (χ3n) is 4.50. The molecule has 0 saturated heterocycles. The van der Waals surface area contributed by atoms with Crippen molar-refractivity contribution in [2.45, 2.75) is 17.7 Å².